The molecule has 0 radical (unpaired) electrons. The lowest BCUT2D eigenvalue weighted by molar-refractivity contribution is -0.166. The highest BCUT2D eigenvalue weighted by atomic mass is 32.2. The lowest BCUT2D eigenvalue weighted by atomic mass is 9.91. The van der Waals surface area contributed by atoms with Gasteiger partial charge in [0.25, 0.3) is 0 Å². The fourth-order valence-corrected chi connectivity index (χ4v) is 20.2. The number of benzene rings is 13. The van der Waals surface area contributed by atoms with Crippen molar-refractivity contribution in [2.45, 2.75) is 168 Å². The first-order valence-corrected chi connectivity index (χ1v) is 48.0. The van der Waals surface area contributed by atoms with Gasteiger partial charge in [-0.15, -0.1) is 0 Å². The SMILES string of the molecule is CCC(C)(C)C(=O)OCC(=O)OCC(=O)Oc1ccc([S+](c2ccccc2)c2ccccc2)cc1.CCC(C)(C)C(=O)OCC(=O)Oc1ccc([S+](c2ccccc2)c2ccccc2)cc1.CCC(C)(C)C(=O)OCC(=O)Oc1ccc([S+](c2ccccc2)c2ccccc2)cc1.CCC(C)(C)C(=O)Oc1ccc(Oc2ccc([S+](c3ccccc3)c3ccccc3)cc2)cc1. The van der Waals surface area contributed by atoms with Gasteiger partial charge in [0.15, 0.2) is 85.2 Å². The van der Waals surface area contributed by atoms with E-state index in [2.05, 4.69) is 133 Å². The Bertz CT molecular complexity index is 5440. The molecule has 0 aromatic heterocycles. The van der Waals surface area contributed by atoms with Gasteiger partial charge in [-0.1, -0.05) is 173 Å². The molecule has 13 aromatic carbocycles. The molecule has 0 N–H and O–H groups in total. The summed E-state index contributed by atoms with van der Waals surface area (Å²) in [7, 11) is -1.03. The molecule has 21 heteroatoms. The zero-order chi connectivity index (χ0) is 93.8. The minimum Gasteiger partial charge on any atom is -0.457 e. The fourth-order valence-electron chi connectivity index (χ4n) is 11.8. The van der Waals surface area contributed by atoms with Crippen LogP contribution >= 0.6 is 0 Å². The molecule has 0 saturated carbocycles. The number of rotatable bonds is 34. The maximum Gasteiger partial charge on any atom is 0.349 e. The number of carbonyl (C=O) groups excluding carboxylic acids is 8. The summed E-state index contributed by atoms with van der Waals surface area (Å²) < 4.78 is 47.5. The second-order valence-corrected chi connectivity index (χ2v) is 40.4. The van der Waals surface area contributed by atoms with Crippen LogP contribution in [0.15, 0.2) is 423 Å². The van der Waals surface area contributed by atoms with Crippen LogP contribution in [-0.4, -0.2) is 74.2 Å². The summed E-state index contributed by atoms with van der Waals surface area (Å²) in [5, 5.41) is 0. The monoisotopic (exact) mass is 1830 g/mol. The van der Waals surface area contributed by atoms with Gasteiger partial charge in [-0.2, -0.15) is 0 Å². The van der Waals surface area contributed by atoms with Gasteiger partial charge in [-0.25, -0.2) is 19.2 Å². The van der Waals surface area contributed by atoms with E-state index in [0.29, 0.717) is 48.0 Å². The van der Waals surface area contributed by atoms with Gasteiger partial charge in [0.05, 0.1) is 65.2 Å². The Kier molecular flexibility index (Phi) is 37.8. The van der Waals surface area contributed by atoms with E-state index in [1.54, 1.807) is 90.1 Å². The van der Waals surface area contributed by atoms with Crippen molar-refractivity contribution in [2.24, 2.45) is 21.7 Å². The van der Waals surface area contributed by atoms with Crippen molar-refractivity contribution in [1.82, 2.24) is 0 Å². The third-order valence-electron chi connectivity index (χ3n) is 21.1. The maximum absolute atomic E-state index is 12.3. The van der Waals surface area contributed by atoms with E-state index >= 15 is 0 Å². The molecule has 0 heterocycles. The van der Waals surface area contributed by atoms with Gasteiger partial charge >= 0.3 is 47.8 Å². The van der Waals surface area contributed by atoms with Gasteiger partial charge < -0.3 is 42.6 Å². The zero-order valence-electron chi connectivity index (χ0n) is 75.9. The average Bonchev–Trinajstić information content (AvgIpc) is 0.821. The van der Waals surface area contributed by atoms with Gasteiger partial charge in [0, 0.05) is 0 Å². The third-order valence-corrected chi connectivity index (χ3v) is 30.0. The first-order valence-electron chi connectivity index (χ1n) is 43.1. The molecule has 0 aliphatic rings. The van der Waals surface area contributed by atoms with Crippen molar-refractivity contribution in [1.29, 1.82) is 0 Å². The molecule has 0 aliphatic heterocycles. The van der Waals surface area contributed by atoms with Crippen molar-refractivity contribution in [3.63, 3.8) is 0 Å². The number of hydrogen-bond acceptors (Lipinski definition) is 17. The molecule has 0 bridgehead atoms. The Morgan fingerprint density at radius 2 is 0.351 bits per heavy atom. The largest absolute Gasteiger partial charge is 0.457 e. The Morgan fingerprint density at radius 1 is 0.191 bits per heavy atom. The lowest BCUT2D eigenvalue weighted by Gasteiger charge is -2.20. The summed E-state index contributed by atoms with van der Waals surface area (Å²) in [6.45, 7) is 20.1. The molecular weight excluding hydrogens is 1720 g/mol. The molecule has 0 fully saturated rings. The Hall–Kier alpha value is -13.2. The second kappa shape index (κ2) is 49.6. The van der Waals surface area contributed by atoms with E-state index in [1.807, 2.05) is 224 Å². The second-order valence-electron chi connectivity index (χ2n) is 32.3. The Balaban J connectivity index is 0.000000182. The van der Waals surface area contributed by atoms with Crippen LogP contribution in [0.3, 0.4) is 0 Å². The van der Waals surface area contributed by atoms with Gasteiger partial charge in [-0.3, -0.25) is 19.2 Å². The minimum absolute atomic E-state index is 0.191. The van der Waals surface area contributed by atoms with Crippen LogP contribution in [-0.2, 0) is 101 Å². The van der Waals surface area contributed by atoms with E-state index in [9.17, 15) is 38.4 Å². The van der Waals surface area contributed by atoms with Crippen molar-refractivity contribution in [3.8, 4) is 34.5 Å². The molecule has 17 nitrogen and oxygen atoms in total. The van der Waals surface area contributed by atoms with Crippen molar-refractivity contribution >= 4 is 91.3 Å². The molecule has 0 saturated heterocycles. The Labute approximate surface area is 780 Å². The van der Waals surface area contributed by atoms with Crippen LogP contribution in [0.5, 0.6) is 34.5 Å². The molecule has 0 unspecified atom stereocenters. The predicted molar refractivity (Wildman–Crippen MR) is 515 cm³/mol. The highest BCUT2D eigenvalue weighted by molar-refractivity contribution is 7.98. The Morgan fingerprint density at radius 3 is 0.565 bits per heavy atom. The molecule has 13 aromatic rings. The van der Waals surface area contributed by atoms with E-state index in [1.165, 1.54) is 44.1 Å². The lowest BCUT2D eigenvalue weighted by Crippen LogP contribution is -2.29. The first kappa shape index (κ1) is 100.0. The summed E-state index contributed by atoms with van der Waals surface area (Å²) >= 11 is 0. The maximum atomic E-state index is 12.3. The van der Waals surface area contributed by atoms with Gasteiger partial charge in [0.1, 0.15) is 34.5 Å². The topological polar surface area (TPSA) is 220 Å². The molecule has 13 rings (SSSR count). The number of ether oxygens (including phenoxy) is 9. The predicted octanol–water partition coefficient (Wildman–Crippen LogP) is 24.5. The smallest absolute Gasteiger partial charge is 0.349 e. The van der Waals surface area contributed by atoms with Crippen molar-refractivity contribution in [3.05, 3.63) is 364 Å². The standard InChI is InChI=1S/C30H29O3S.C28H29O6S.2C26H27O4S/c1-4-30(2,3)29(31)33-25-17-15-23(16-18-25)32-24-19-21-28(22-20-24)34(26-11-7-5-8-12-26)27-13-9-6-10-14-27;1-4-28(2,3)27(31)33-19-25(29)32-20-26(30)34-21-15-17-24(18-16-21)35(22-11-7-5-8-12-22)23-13-9-6-10-14-23;2*1-4-26(2,3)25(28)29-19-24(27)30-20-15-17-23(18-16-20)31(21-11-7-5-8-12-21)22-13-9-6-10-14-22/h5-22H,4H2,1-3H3;5-18H,4,19-20H2,1-3H3;2*5-18H,4,19H2,1-3H3/q4*+1. The summed E-state index contributed by atoms with van der Waals surface area (Å²) in [5.41, 5.74) is -2.43. The number of esters is 8. The molecule has 131 heavy (non-hydrogen) atoms. The van der Waals surface area contributed by atoms with E-state index in [4.69, 9.17) is 42.6 Å². The molecular formula is C110H112O17S4+4. The zero-order valence-corrected chi connectivity index (χ0v) is 79.1. The highest BCUT2D eigenvalue weighted by Crippen LogP contribution is 2.39. The molecule has 674 valence electrons. The normalized spacial score (nSPS) is 11.2. The first-order chi connectivity index (χ1) is 63.1. The fraction of sp³-hybridized carbons (Fsp3) is 0.218. The van der Waals surface area contributed by atoms with Crippen molar-refractivity contribution < 1.29 is 81.0 Å². The van der Waals surface area contributed by atoms with E-state index in [0.717, 1.165) is 26.9 Å². The quantitative estimate of drug-likeness (QED) is 0.0158. The number of hydrogen-bond donors (Lipinski definition) is 0. The molecule has 0 atom stereocenters. The summed E-state index contributed by atoms with van der Waals surface area (Å²) in [5.74, 6) is -1.13. The molecule has 0 aliphatic carbocycles. The van der Waals surface area contributed by atoms with Crippen molar-refractivity contribution in [2.75, 3.05) is 26.4 Å². The molecule has 0 amide bonds. The third kappa shape index (κ3) is 30.5. The number of carbonyl (C=O) groups is 8. The van der Waals surface area contributed by atoms with Gasteiger partial charge in [0.2, 0.25) is 0 Å². The summed E-state index contributed by atoms with van der Waals surface area (Å²) in [6.07, 6.45) is 2.56. The van der Waals surface area contributed by atoms with E-state index < -0.39 is 89.9 Å². The molecule has 0 spiro atoms. The summed E-state index contributed by atoms with van der Waals surface area (Å²) in [6, 6.07) is 121. The van der Waals surface area contributed by atoms with Crippen LogP contribution in [0, 0.1) is 21.7 Å². The van der Waals surface area contributed by atoms with Crippen LogP contribution in [0.1, 0.15) is 109 Å². The average molecular weight is 1830 g/mol. The minimum atomic E-state index is -0.813. The van der Waals surface area contributed by atoms with Crippen LogP contribution in [0.25, 0.3) is 0 Å². The van der Waals surface area contributed by atoms with Gasteiger partial charge in [-0.05, 0) is 299 Å². The van der Waals surface area contributed by atoms with Crippen LogP contribution in [0.2, 0.25) is 0 Å². The highest BCUT2D eigenvalue weighted by Gasteiger charge is 2.36. The van der Waals surface area contributed by atoms with Crippen LogP contribution in [0.4, 0.5) is 0 Å². The van der Waals surface area contributed by atoms with Crippen LogP contribution < -0.4 is 23.7 Å². The summed E-state index contributed by atoms with van der Waals surface area (Å²) in [4.78, 5) is 111. The van der Waals surface area contributed by atoms with E-state index in [-0.39, 0.29) is 49.5 Å².